The highest BCUT2D eigenvalue weighted by molar-refractivity contribution is 5.81. The third-order valence-electron chi connectivity index (χ3n) is 8.37. The van der Waals surface area contributed by atoms with Gasteiger partial charge in [0.05, 0.1) is 7.11 Å². The molecule has 2 aromatic carbocycles. The molecule has 3 aliphatic carbocycles. The fourth-order valence-electron chi connectivity index (χ4n) is 6.62. The summed E-state index contributed by atoms with van der Waals surface area (Å²) < 4.78 is 4.81. The van der Waals surface area contributed by atoms with Gasteiger partial charge in [-0.1, -0.05) is 50.2 Å². The van der Waals surface area contributed by atoms with E-state index in [1.807, 2.05) is 50.2 Å². The molecule has 35 heavy (non-hydrogen) atoms. The number of fused-ring (bicyclic) bond motifs is 4. The Hall–Kier alpha value is -3.42. The maximum absolute atomic E-state index is 13.0. The summed E-state index contributed by atoms with van der Waals surface area (Å²) in [7, 11) is 1.30. The first-order valence-corrected chi connectivity index (χ1v) is 12.1. The van der Waals surface area contributed by atoms with Crippen LogP contribution in [0.2, 0.25) is 0 Å². The molecule has 0 radical (unpaired) electrons. The summed E-state index contributed by atoms with van der Waals surface area (Å²) >= 11 is 0. The first kappa shape index (κ1) is 23.3. The van der Waals surface area contributed by atoms with Crippen molar-refractivity contribution in [3.05, 3.63) is 68.8 Å². The zero-order valence-corrected chi connectivity index (χ0v) is 20.1. The van der Waals surface area contributed by atoms with Gasteiger partial charge in [-0.25, -0.2) is 4.79 Å². The summed E-state index contributed by atoms with van der Waals surface area (Å²) in [6.45, 7) is 3.94. The number of methoxy groups -OCH3 is 1. The number of carbonyl (C=O) groups is 2. The van der Waals surface area contributed by atoms with Gasteiger partial charge in [0.1, 0.15) is 5.92 Å². The minimum Gasteiger partial charge on any atom is -0.481 e. The maximum Gasteiger partial charge on any atom is 0.407 e. The van der Waals surface area contributed by atoms with E-state index < -0.39 is 23.5 Å². The van der Waals surface area contributed by atoms with Gasteiger partial charge in [-0.2, -0.15) is 0 Å². The minimum absolute atomic E-state index is 0.0338. The summed E-state index contributed by atoms with van der Waals surface area (Å²) in [6, 6.07) is 11.5. The zero-order valence-electron chi connectivity index (χ0n) is 20.1. The van der Waals surface area contributed by atoms with Crippen LogP contribution in [0.4, 0.5) is 4.79 Å². The predicted molar refractivity (Wildman–Crippen MR) is 129 cm³/mol. The van der Waals surface area contributed by atoms with Crippen LogP contribution in [0, 0.1) is 33.8 Å². The molecule has 2 saturated carbocycles. The van der Waals surface area contributed by atoms with Crippen LogP contribution in [0.5, 0.6) is 0 Å². The molecule has 3 aliphatic rings. The SMILES string of the molecule is COC(=O)N[C@@H](Cc1ccc2c(c1C1([N+](=O)[O-])[C@@H](C(=O)O)C[C@H]3C[C@H]31)Cc1ccccc1-2)C(C)C. The van der Waals surface area contributed by atoms with E-state index in [9.17, 15) is 24.8 Å². The molecular weight excluding hydrogens is 448 g/mol. The first-order valence-electron chi connectivity index (χ1n) is 12.1. The summed E-state index contributed by atoms with van der Waals surface area (Å²) in [5.41, 5.74) is 3.55. The molecule has 0 aromatic heterocycles. The Kier molecular flexibility index (Phi) is 5.57. The second-order valence-corrected chi connectivity index (χ2v) is 10.5. The average molecular weight is 479 g/mol. The molecule has 1 amide bonds. The molecule has 5 atom stereocenters. The Balaban J connectivity index is 1.73. The van der Waals surface area contributed by atoms with E-state index in [0.29, 0.717) is 31.2 Å². The minimum atomic E-state index is -1.67. The van der Waals surface area contributed by atoms with Crippen molar-refractivity contribution in [2.75, 3.05) is 7.11 Å². The lowest BCUT2D eigenvalue weighted by molar-refractivity contribution is -0.591. The van der Waals surface area contributed by atoms with Gasteiger partial charge in [-0.05, 0) is 65.3 Å². The van der Waals surface area contributed by atoms with Crippen molar-refractivity contribution >= 4 is 12.1 Å². The number of hydrogen-bond acceptors (Lipinski definition) is 5. The molecular formula is C27H30N2O6. The molecule has 2 aromatic rings. The lowest BCUT2D eigenvalue weighted by Gasteiger charge is -2.33. The standard InChI is InChI=1S/C27H30N2O6/c1-14(2)23(28-26(32)35-3)13-16-8-9-19-18-7-5-4-6-15(18)10-20(19)24(16)27(29(33)34)21-11-17(21)12-22(27)25(30)31/h4-9,14,17,21-23H,10-13H2,1-3H3,(H,28,32)(H,30,31)/t17-,21-,22-,23+,27?/m1/s1. The number of benzene rings is 2. The predicted octanol–water partition coefficient (Wildman–Crippen LogP) is 4.39. The lowest BCUT2D eigenvalue weighted by Crippen LogP contribution is -2.48. The third-order valence-corrected chi connectivity index (χ3v) is 8.37. The van der Waals surface area contributed by atoms with Crippen molar-refractivity contribution in [3.63, 3.8) is 0 Å². The molecule has 0 aliphatic heterocycles. The molecule has 0 heterocycles. The summed E-state index contributed by atoms with van der Waals surface area (Å²) in [4.78, 5) is 37.2. The topological polar surface area (TPSA) is 119 Å². The Morgan fingerprint density at radius 3 is 2.60 bits per heavy atom. The van der Waals surface area contributed by atoms with Crippen LogP contribution in [0.1, 0.15) is 48.9 Å². The average Bonchev–Trinajstić information content (AvgIpc) is 3.37. The lowest BCUT2D eigenvalue weighted by atomic mass is 9.71. The van der Waals surface area contributed by atoms with E-state index in [1.165, 1.54) is 7.11 Å². The fraction of sp³-hybridized carbons (Fsp3) is 0.481. The molecule has 0 saturated heterocycles. The van der Waals surface area contributed by atoms with Crippen LogP contribution in [0.15, 0.2) is 36.4 Å². The summed E-state index contributed by atoms with van der Waals surface area (Å²) in [6.07, 6.45) is 1.32. The van der Waals surface area contributed by atoms with Gasteiger partial charge in [0.15, 0.2) is 0 Å². The van der Waals surface area contributed by atoms with Gasteiger partial charge < -0.3 is 15.2 Å². The highest BCUT2D eigenvalue weighted by Gasteiger charge is 2.75. The van der Waals surface area contributed by atoms with E-state index in [0.717, 1.165) is 27.8 Å². The van der Waals surface area contributed by atoms with E-state index in [4.69, 9.17) is 4.74 Å². The van der Waals surface area contributed by atoms with Crippen molar-refractivity contribution in [3.8, 4) is 11.1 Å². The number of carboxylic acid groups (broad SMARTS) is 1. The first-order chi connectivity index (χ1) is 16.7. The number of rotatable bonds is 7. The molecule has 2 fully saturated rings. The quantitative estimate of drug-likeness (QED) is 0.384. The number of nitrogens with zero attached hydrogens (tertiary/aromatic N) is 1. The zero-order chi connectivity index (χ0) is 25.1. The van der Waals surface area contributed by atoms with E-state index in [2.05, 4.69) is 5.32 Å². The molecule has 1 unspecified atom stereocenters. The van der Waals surface area contributed by atoms with Gasteiger partial charge >= 0.3 is 12.1 Å². The largest absolute Gasteiger partial charge is 0.481 e. The number of carbonyl (C=O) groups excluding carboxylic acids is 1. The number of aliphatic carboxylic acids is 1. The van der Waals surface area contributed by atoms with Crippen LogP contribution in [0.3, 0.4) is 0 Å². The Morgan fingerprint density at radius 1 is 1.20 bits per heavy atom. The third kappa shape index (κ3) is 3.49. The smallest absolute Gasteiger partial charge is 0.407 e. The van der Waals surface area contributed by atoms with Gasteiger partial charge in [-0.15, -0.1) is 0 Å². The number of hydrogen-bond donors (Lipinski definition) is 2. The number of nitro groups is 1. The van der Waals surface area contributed by atoms with Crippen molar-refractivity contribution in [2.24, 2.45) is 23.7 Å². The second kappa shape index (κ2) is 8.36. The van der Waals surface area contributed by atoms with Gasteiger partial charge in [0, 0.05) is 22.4 Å². The van der Waals surface area contributed by atoms with Gasteiger partial charge in [0.2, 0.25) is 0 Å². The van der Waals surface area contributed by atoms with E-state index in [-0.39, 0.29) is 28.7 Å². The van der Waals surface area contributed by atoms with Crippen LogP contribution in [-0.2, 0) is 27.9 Å². The fourth-order valence-corrected chi connectivity index (χ4v) is 6.62. The molecule has 2 N–H and O–H groups in total. The maximum atomic E-state index is 13.0. The van der Waals surface area contributed by atoms with Crippen molar-refractivity contribution in [2.45, 2.75) is 51.1 Å². The molecule has 8 nitrogen and oxygen atoms in total. The summed E-state index contributed by atoms with van der Waals surface area (Å²) in [5.74, 6) is -2.39. The van der Waals surface area contributed by atoms with Crippen molar-refractivity contribution in [1.82, 2.24) is 5.32 Å². The Labute approximate surface area is 203 Å². The normalized spacial score (nSPS) is 26.5. The molecule has 8 heteroatoms. The highest BCUT2D eigenvalue weighted by Crippen LogP contribution is 2.67. The van der Waals surface area contributed by atoms with Crippen LogP contribution >= 0.6 is 0 Å². The summed E-state index contributed by atoms with van der Waals surface area (Å²) in [5, 5.41) is 26.0. The second-order valence-electron chi connectivity index (χ2n) is 10.5. The number of nitrogens with one attached hydrogen (secondary N) is 1. The van der Waals surface area contributed by atoms with Crippen LogP contribution in [-0.4, -0.2) is 35.2 Å². The van der Waals surface area contributed by atoms with Gasteiger partial charge in [-0.3, -0.25) is 14.9 Å². The van der Waals surface area contributed by atoms with Crippen LogP contribution in [0.25, 0.3) is 11.1 Å². The highest BCUT2D eigenvalue weighted by atomic mass is 16.6. The number of amides is 1. The monoisotopic (exact) mass is 478 g/mol. The Bertz CT molecular complexity index is 1220. The van der Waals surface area contributed by atoms with Crippen LogP contribution < -0.4 is 5.32 Å². The van der Waals surface area contributed by atoms with E-state index in [1.54, 1.807) is 0 Å². The molecule has 0 bridgehead atoms. The van der Waals surface area contributed by atoms with E-state index >= 15 is 0 Å². The molecule has 5 rings (SSSR count). The number of ether oxygens (including phenoxy) is 1. The van der Waals surface area contributed by atoms with Gasteiger partial charge in [0.25, 0.3) is 5.54 Å². The number of alkyl carbamates (subject to hydrolysis) is 1. The van der Waals surface area contributed by atoms with Crippen molar-refractivity contribution < 1.29 is 24.4 Å². The Morgan fingerprint density at radius 2 is 1.94 bits per heavy atom. The number of carboxylic acids is 1. The molecule has 0 spiro atoms. The molecule has 184 valence electrons. The van der Waals surface area contributed by atoms with Crippen molar-refractivity contribution in [1.29, 1.82) is 0 Å².